The van der Waals surface area contributed by atoms with Crippen molar-refractivity contribution in [3.05, 3.63) is 48.6 Å². The molecular formula is C21H29N5O2. The molecule has 0 spiro atoms. The van der Waals surface area contributed by atoms with Crippen LogP contribution in [0.3, 0.4) is 0 Å². The fourth-order valence-corrected chi connectivity index (χ4v) is 3.35. The van der Waals surface area contributed by atoms with Crippen LogP contribution in [0.4, 0.5) is 0 Å². The quantitative estimate of drug-likeness (QED) is 0.700. The third kappa shape index (κ3) is 6.20. The van der Waals surface area contributed by atoms with E-state index in [-0.39, 0.29) is 5.91 Å². The minimum absolute atomic E-state index is 0.246. The molecule has 7 heteroatoms. The molecule has 0 radical (unpaired) electrons. The van der Waals surface area contributed by atoms with Crippen molar-refractivity contribution in [2.24, 2.45) is 0 Å². The van der Waals surface area contributed by atoms with E-state index in [0.29, 0.717) is 6.42 Å². The average molecular weight is 383 g/mol. The molecule has 0 atom stereocenters. The van der Waals surface area contributed by atoms with Crippen LogP contribution in [0.2, 0.25) is 0 Å². The summed E-state index contributed by atoms with van der Waals surface area (Å²) >= 11 is 0. The molecule has 1 aliphatic rings. The average Bonchev–Trinajstić information content (AvgIpc) is 3.12. The first-order valence-corrected chi connectivity index (χ1v) is 9.88. The van der Waals surface area contributed by atoms with Crippen molar-refractivity contribution >= 4 is 12.0 Å². The minimum Gasteiger partial charge on any atom is -0.497 e. The van der Waals surface area contributed by atoms with Gasteiger partial charge in [0.05, 0.1) is 7.11 Å². The maximum Gasteiger partial charge on any atom is 0.222 e. The third-order valence-corrected chi connectivity index (χ3v) is 4.98. The Hall–Kier alpha value is -2.67. The topological polar surface area (TPSA) is 63.5 Å². The van der Waals surface area contributed by atoms with E-state index in [1.165, 1.54) is 11.9 Å². The molecule has 150 valence electrons. The molecule has 1 aromatic carbocycles. The van der Waals surface area contributed by atoms with Gasteiger partial charge in [-0.05, 0) is 30.5 Å². The number of carbonyl (C=O) groups is 1. The second-order valence-electron chi connectivity index (χ2n) is 6.97. The molecule has 1 amide bonds. The largest absolute Gasteiger partial charge is 0.497 e. The molecule has 1 aromatic heterocycles. The van der Waals surface area contributed by atoms with E-state index in [1.807, 2.05) is 17.0 Å². The van der Waals surface area contributed by atoms with Gasteiger partial charge in [-0.2, -0.15) is 5.10 Å². The number of ether oxygens (including phenoxy) is 1. The lowest BCUT2D eigenvalue weighted by Gasteiger charge is -2.21. The zero-order valence-electron chi connectivity index (χ0n) is 16.5. The summed E-state index contributed by atoms with van der Waals surface area (Å²) in [4.78, 5) is 20.8. The van der Waals surface area contributed by atoms with Crippen LogP contribution in [-0.2, 0) is 11.3 Å². The van der Waals surface area contributed by atoms with Gasteiger partial charge in [0.1, 0.15) is 18.4 Å². The molecule has 0 aliphatic carbocycles. The number of hydrogen-bond donors (Lipinski definition) is 0. The highest BCUT2D eigenvalue weighted by atomic mass is 16.5. The highest BCUT2D eigenvalue weighted by Gasteiger charge is 2.18. The molecule has 28 heavy (non-hydrogen) atoms. The summed E-state index contributed by atoms with van der Waals surface area (Å²) in [7, 11) is 1.68. The summed E-state index contributed by atoms with van der Waals surface area (Å²) < 4.78 is 6.95. The van der Waals surface area contributed by atoms with Crippen molar-refractivity contribution in [1.82, 2.24) is 24.6 Å². The lowest BCUT2D eigenvalue weighted by molar-refractivity contribution is -0.131. The molecule has 0 saturated carbocycles. The molecule has 0 bridgehead atoms. The number of methoxy groups -OCH3 is 1. The Labute approximate surface area is 166 Å². The number of aryl methyl sites for hydroxylation is 1. The molecule has 1 aliphatic heterocycles. The zero-order chi connectivity index (χ0) is 19.6. The Bertz CT molecular complexity index is 743. The van der Waals surface area contributed by atoms with Crippen molar-refractivity contribution in [2.75, 3.05) is 39.8 Å². The first kappa shape index (κ1) is 20.1. The van der Waals surface area contributed by atoms with E-state index in [0.717, 1.165) is 57.9 Å². The molecule has 7 nitrogen and oxygen atoms in total. The second-order valence-corrected chi connectivity index (χ2v) is 6.97. The van der Waals surface area contributed by atoms with Crippen LogP contribution in [0.1, 0.15) is 24.8 Å². The lowest BCUT2D eigenvalue weighted by atomic mass is 10.2. The standard InChI is InChI=1S/C21H29N5O2/c1-28-20-9-7-19(8-10-20)5-2-11-24-12-4-13-25(16-15-24)21(27)6-3-14-26-18-22-17-23-26/h2,5,7-10,17-18H,3-4,6,11-16H2,1H3/b5-2+. The number of carbonyl (C=O) groups excluding carboxylic acids is 1. The van der Waals surface area contributed by atoms with Crippen LogP contribution < -0.4 is 4.74 Å². The molecule has 1 fully saturated rings. The summed E-state index contributed by atoms with van der Waals surface area (Å²) in [5.41, 5.74) is 1.17. The predicted octanol–water partition coefficient (Wildman–Crippen LogP) is 2.31. The third-order valence-electron chi connectivity index (χ3n) is 4.98. The Morgan fingerprint density at radius 1 is 1.18 bits per heavy atom. The molecule has 2 aromatic rings. The molecule has 0 unspecified atom stereocenters. The van der Waals surface area contributed by atoms with Crippen LogP contribution in [0.5, 0.6) is 5.75 Å². The first-order valence-electron chi connectivity index (χ1n) is 9.88. The van der Waals surface area contributed by atoms with E-state index < -0.39 is 0 Å². The van der Waals surface area contributed by atoms with Gasteiger partial charge in [-0.25, -0.2) is 4.98 Å². The lowest BCUT2D eigenvalue weighted by Crippen LogP contribution is -2.35. The van der Waals surface area contributed by atoms with Crippen LogP contribution >= 0.6 is 0 Å². The minimum atomic E-state index is 0.246. The summed E-state index contributed by atoms with van der Waals surface area (Å²) in [6.07, 6.45) is 9.92. The van der Waals surface area contributed by atoms with Gasteiger partial charge in [0, 0.05) is 45.7 Å². The molecule has 3 rings (SSSR count). The number of aromatic nitrogens is 3. The molecular weight excluding hydrogens is 354 g/mol. The Morgan fingerprint density at radius 3 is 2.79 bits per heavy atom. The summed E-state index contributed by atoms with van der Waals surface area (Å²) in [6, 6.07) is 8.05. The van der Waals surface area contributed by atoms with E-state index >= 15 is 0 Å². The number of benzene rings is 1. The van der Waals surface area contributed by atoms with E-state index in [9.17, 15) is 4.79 Å². The van der Waals surface area contributed by atoms with E-state index in [1.54, 1.807) is 18.1 Å². The van der Waals surface area contributed by atoms with Crippen molar-refractivity contribution in [3.63, 3.8) is 0 Å². The SMILES string of the molecule is COc1ccc(/C=C/CN2CCCN(C(=O)CCCn3cncn3)CC2)cc1. The van der Waals surface area contributed by atoms with Crippen molar-refractivity contribution in [1.29, 1.82) is 0 Å². The van der Waals surface area contributed by atoms with Crippen molar-refractivity contribution < 1.29 is 9.53 Å². The predicted molar refractivity (Wildman–Crippen MR) is 109 cm³/mol. The van der Waals surface area contributed by atoms with E-state index in [4.69, 9.17) is 4.74 Å². The Balaban J connectivity index is 1.38. The first-order chi connectivity index (χ1) is 13.7. The fourth-order valence-electron chi connectivity index (χ4n) is 3.35. The molecule has 0 N–H and O–H groups in total. The zero-order valence-corrected chi connectivity index (χ0v) is 16.5. The van der Waals surface area contributed by atoms with Gasteiger partial charge in [-0.15, -0.1) is 0 Å². The Morgan fingerprint density at radius 2 is 2.04 bits per heavy atom. The molecule has 2 heterocycles. The van der Waals surface area contributed by atoms with Crippen molar-refractivity contribution in [3.8, 4) is 5.75 Å². The van der Waals surface area contributed by atoms with Crippen LogP contribution in [0.15, 0.2) is 43.0 Å². The number of amides is 1. The fraction of sp³-hybridized carbons (Fsp3) is 0.476. The monoisotopic (exact) mass is 383 g/mol. The van der Waals surface area contributed by atoms with Gasteiger partial charge in [0.15, 0.2) is 0 Å². The van der Waals surface area contributed by atoms with Crippen LogP contribution in [0, 0.1) is 0 Å². The number of nitrogens with zero attached hydrogens (tertiary/aromatic N) is 5. The second kappa shape index (κ2) is 10.6. The van der Waals surface area contributed by atoms with Gasteiger partial charge in [0.2, 0.25) is 5.91 Å². The van der Waals surface area contributed by atoms with Gasteiger partial charge >= 0.3 is 0 Å². The van der Waals surface area contributed by atoms with E-state index in [2.05, 4.69) is 39.3 Å². The smallest absolute Gasteiger partial charge is 0.222 e. The van der Waals surface area contributed by atoms with Gasteiger partial charge < -0.3 is 9.64 Å². The van der Waals surface area contributed by atoms with Gasteiger partial charge in [-0.3, -0.25) is 14.4 Å². The summed E-state index contributed by atoms with van der Waals surface area (Å²) in [5.74, 6) is 1.12. The van der Waals surface area contributed by atoms with Gasteiger partial charge in [0.25, 0.3) is 0 Å². The summed E-state index contributed by atoms with van der Waals surface area (Å²) in [5, 5.41) is 4.07. The maximum absolute atomic E-state index is 12.5. The molecule has 1 saturated heterocycles. The highest BCUT2D eigenvalue weighted by Crippen LogP contribution is 2.12. The van der Waals surface area contributed by atoms with Crippen LogP contribution in [0.25, 0.3) is 6.08 Å². The number of rotatable bonds is 8. The van der Waals surface area contributed by atoms with Crippen LogP contribution in [-0.4, -0.2) is 70.3 Å². The Kier molecular flexibility index (Phi) is 7.61. The summed E-state index contributed by atoms with van der Waals surface area (Å²) in [6.45, 7) is 5.24. The number of hydrogen-bond acceptors (Lipinski definition) is 5. The highest BCUT2D eigenvalue weighted by molar-refractivity contribution is 5.76. The maximum atomic E-state index is 12.5. The normalized spacial score (nSPS) is 15.7. The van der Waals surface area contributed by atoms with Gasteiger partial charge in [-0.1, -0.05) is 24.3 Å². The van der Waals surface area contributed by atoms with Crippen molar-refractivity contribution in [2.45, 2.75) is 25.8 Å².